The summed E-state index contributed by atoms with van der Waals surface area (Å²) in [5, 5.41) is 0. The number of carbonyl (C=O) groups excluding carboxylic acids is 1. The molecular weight excluding hydrogens is 392 g/mol. The Hall–Kier alpha value is -3.32. The molecule has 0 aliphatic carbocycles. The zero-order chi connectivity index (χ0) is 21.3. The lowest BCUT2D eigenvalue weighted by atomic mass is 9.83. The van der Waals surface area contributed by atoms with E-state index in [-0.39, 0.29) is 17.9 Å². The number of hydrogen-bond donors (Lipinski definition) is 0. The van der Waals surface area contributed by atoms with Crippen molar-refractivity contribution in [1.29, 1.82) is 0 Å². The molecule has 1 aromatic carbocycles. The smallest absolute Gasteiger partial charge is 0.242 e. The van der Waals surface area contributed by atoms with Crippen molar-refractivity contribution in [3.8, 4) is 11.4 Å². The average molecular weight is 416 g/mol. The van der Waals surface area contributed by atoms with Gasteiger partial charge in [0.1, 0.15) is 12.1 Å². The van der Waals surface area contributed by atoms with Gasteiger partial charge >= 0.3 is 0 Å². The Morgan fingerprint density at radius 2 is 1.81 bits per heavy atom. The number of amides is 1. The molecule has 0 unspecified atom stereocenters. The molecule has 1 fully saturated rings. The third-order valence-corrected chi connectivity index (χ3v) is 6.18. The van der Waals surface area contributed by atoms with Crippen LogP contribution in [0.3, 0.4) is 0 Å². The minimum atomic E-state index is -0.464. The van der Waals surface area contributed by atoms with Gasteiger partial charge in [0.25, 0.3) is 0 Å². The third kappa shape index (κ3) is 3.88. The Morgan fingerprint density at radius 1 is 1.06 bits per heavy atom. The Labute approximate surface area is 180 Å². The number of piperidine rings is 1. The Kier molecular flexibility index (Phi) is 5.11. The second kappa shape index (κ2) is 8.07. The first-order chi connectivity index (χ1) is 15.1. The van der Waals surface area contributed by atoms with Crippen molar-refractivity contribution in [1.82, 2.24) is 19.4 Å². The van der Waals surface area contributed by atoms with Crippen LogP contribution in [-0.4, -0.2) is 45.0 Å². The maximum absolute atomic E-state index is 12.8. The van der Waals surface area contributed by atoms with E-state index in [2.05, 4.69) is 4.98 Å². The number of likely N-dealkylation sites (tertiary alicyclic amines) is 1. The number of aromatic nitrogens is 3. The van der Waals surface area contributed by atoms with E-state index in [1.54, 1.807) is 17.0 Å². The van der Waals surface area contributed by atoms with Crippen molar-refractivity contribution >= 4 is 5.91 Å². The van der Waals surface area contributed by atoms with Crippen LogP contribution in [0.2, 0.25) is 0 Å². The number of ether oxygens (including phenoxy) is 1. The fourth-order valence-corrected chi connectivity index (χ4v) is 4.44. The minimum absolute atomic E-state index is 0.0437. The predicted molar refractivity (Wildman–Crippen MR) is 115 cm³/mol. The molecule has 31 heavy (non-hydrogen) atoms. The quantitative estimate of drug-likeness (QED) is 0.655. The first-order valence-corrected chi connectivity index (χ1v) is 10.6. The first-order valence-electron chi connectivity index (χ1n) is 10.6. The van der Waals surface area contributed by atoms with Gasteiger partial charge in [-0.1, -0.05) is 30.3 Å². The first kappa shape index (κ1) is 19.6. The van der Waals surface area contributed by atoms with Crippen LogP contribution < -0.4 is 5.43 Å². The number of hydrogen-bond acceptors (Lipinski definition) is 5. The van der Waals surface area contributed by atoms with Crippen LogP contribution in [0.4, 0.5) is 0 Å². The van der Waals surface area contributed by atoms with Crippen molar-refractivity contribution in [2.75, 3.05) is 19.7 Å². The molecule has 5 rings (SSSR count). The van der Waals surface area contributed by atoms with Crippen LogP contribution in [0.5, 0.6) is 0 Å². The van der Waals surface area contributed by atoms with Gasteiger partial charge in [0.15, 0.2) is 11.3 Å². The fourth-order valence-electron chi connectivity index (χ4n) is 4.44. The van der Waals surface area contributed by atoms with E-state index in [9.17, 15) is 9.59 Å². The summed E-state index contributed by atoms with van der Waals surface area (Å²) in [5.74, 6) is 0.753. The van der Waals surface area contributed by atoms with Gasteiger partial charge in [0, 0.05) is 49.4 Å². The van der Waals surface area contributed by atoms with Crippen molar-refractivity contribution in [3.05, 3.63) is 82.5 Å². The minimum Gasteiger partial charge on any atom is -0.368 e. The monoisotopic (exact) mass is 416 g/mol. The van der Waals surface area contributed by atoms with Crippen LogP contribution in [-0.2, 0) is 28.1 Å². The summed E-state index contributed by atoms with van der Waals surface area (Å²) < 4.78 is 8.05. The van der Waals surface area contributed by atoms with Crippen LogP contribution >= 0.6 is 0 Å². The second-order valence-corrected chi connectivity index (χ2v) is 8.11. The summed E-state index contributed by atoms with van der Waals surface area (Å²) >= 11 is 0. The topological polar surface area (TPSA) is 77.3 Å². The number of rotatable bonds is 3. The van der Waals surface area contributed by atoms with Gasteiger partial charge in [0.05, 0.1) is 12.3 Å². The zero-order valence-corrected chi connectivity index (χ0v) is 17.2. The number of carbonyl (C=O) groups is 1. The summed E-state index contributed by atoms with van der Waals surface area (Å²) in [6, 6.07) is 12.9. The van der Waals surface area contributed by atoms with Gasteiger partial charge < -0.3 is 14.2 Å². The summed E-state index contributed by atoms with van der Waals surface area (Å²) in [6.07, 6.45) is 7.45. The highest BCUT2D eigenvalue weighted by Gasteiger charge is 2.43. The standard InChI is InChI=1S/C24H24N4O3/c29-20-6-11-27(12-7-20)17-21(30)28-13-9-24(10-14-28)22-19(8-15-31-24)16-25-23(26-22)18-4-2-1-3-5-18/h1-7,11-12,16H,8-10,13-15,17H2. The van der Waals surface area contributed by atoms with E-state index < -0.39 is 5.60 Å². The molecule has 0 N–H and O–H groups in total. The third-order valence-electron chi connectivity index (χ3n) is 6.18. The Morgan fingerprint density at radius 3 is 2.55 bits per heavy atom. The normalized spacial score (nSPS) is 17.4. The molecule has 7 heteroatoms. The Balaban J connectivity index is 1.34. The average Bonchev–Trinajstić information content (AvgIpc) is 2.82. The molecule has 2 aliphatic heterocycles. The molecule has 1 spiro atoms. The summed E-state index contributed by atoms with van der Waals surface area (Å²) in [6.45, 7) is 2.10. The highest BCUT2D eigenvalue weighted by Crippen LogP contribution is 2.40. The molecule has 1 amide bonds. The van der Waals surface area contributed by atoms with Crippen molar-refractivity contribution in [2.45, 2.75) is 31.4 Å². The molecule has 0 atom stereocenters. The van der Waals surface area contributed by atoms with Crippen LogP contribution in [0.25, 0.3) is 11.4 Å². The van der Waals surface area contributed by atoms with Gasteiger partial charge in [-0.3, -0.25) is 9.59 Å². The molecule has 0 saturated carbocycles. The predicted octanol–water partition coefficient (Wildman–Crippen LogP) is 2.40. The lowest BCUT2D eigenvalue weighted by Crippen LogP contribution is -2.49. The molecule has 1 saturated heterocycles. The summed E-state index contributed by atoms with van der Waals surface area (Å²) in [5.41, 5.74) is 2.57. The Bertz CT molecular complexity index is 1130. The number of pyridine rings is 1. The maximum Gasteiger partial charge on any atom is 0.242 e. The molecule has 158 valence electrons. The largest absolute Gasteiger partial charge is 0.368 e. The van der Waals surface area contributed by atoms with Gasteiger partial charge in [-0.25, -0.2) is 9.97 Å². The molecule has 4 heterocycles. The van der Waals surface area contributed by atoms with Crippen LogP contribution in [0, 0.1) is 0 Å². The lowest BCUT2D eigenvalue weighted by Gasteiger charge is -2.44. The lowest BCUT2D eigenvalue weighted by molar-refractivity contribution is -0.141. The maximum atomic E-state index is 12.8. The van der Waals surface area contributed by atoms with Gasteiger partial charge in [-0.05, 0) is 24.8 Å². The molecule has 0 bridgehead atoms. The van der Waals surface area contributed by atoms with E-state index in [1.165, 1.54) is 12.1 Å². The summed E-state index contributed by atoms with van der Waals surface area (Å²) in [7, 11) is 0. The van der Waals surface area contributed by atoms with Gasteiger partial charge in [-0.2, -0.15) is 0 Å². The van der Waals surface area contributed by atoms with Crippen LogP contribution in [0.15, 0.2) is 65.8 Å². The van der Waals surface area contributed by atoms with Gasteiger partial charge in [-0.15, -0.1) is 0 Å². The van der Waals surface area contributed by atoms with Crippen molar-refractivity contribution < 1.29 is 9.53 Å². The van der Waals surface area contributed by atoms with E-state index in [0.29, 0.717) is 38.4 Å². The molecule has 2 aromatic heterocycles. The summed E-state index contributed by atoms with van der Waals surface area (Å²) in [4.78, 5) is 35.4. The molecule has 3 aromatic rings. The fraction of sp³-hybridized carbons (Fsp3) is 0.333. The molecule has 7 nitrogen and oxygen atoms in total. The zero-order valence-electron chi connectivity index (χ0n) is 17.2. The van der Waals surface area contributed by atoms with E-state index in [4.69, 9.17) is 9.72 Å². The number of benzene rings is 1. The van der Waals surface area contributed by atoms with Crippen molar-refractivity contribution in [2.24, 2.45) is 0 Å². The highest BCUT2D eigenvalue weighted by atomic mass is 16.5. The highest BCUT2D eigenvalue weighted by molar-refractivity contribution is 5.76. The molecule has 0 radical (unpaired) electrons. The number of fused-ring (bicyclic) bond motifs is 2. The second-order valence-electron chi connectivity index (χ2n) is 8.11. The number of nitrogens with zero attached hydrogens (tertiary/aromatic N) is 4. The van der Waals surface area contributed by atoms with Crippen molar-refractivity contribution in [3.63, 3.8) is 0 Å². The SMILES string of the molecule is O=C(Cn1ccc(=O)cc1)N1CCC2(CC1)OCCc1cnc(-c3ccccc3)nc12. The molecular formula is C24H24N4O3. The van der Waals surface area contributed by atoms with Gasteiger partial charge in [0.2, 0.25) is 5.91 Å². The van der Waals surface area contributed by atoms with E-state index in [0.717, 1.165) is 23.2 Å². The van der Waals surface area contributed by atoms with Crippen LogP contribution in [0.1, 0.15) is 24.1 Å². The van der Waals surface area contributed by atoms with E-state index >= 15 is 0 Å². The molecule has 2 aliphatic rings. The van der Waals surface area contributed by atoms with E-state index in [1.807, 2.05) is 41.4 Å².